The third-order valence-corrected chi connectivity index (χ3v) is 5.10. The van der Waals surface area contributed by atoms with E-state index in [0.717, 1.165) is 12.8 Å². The van der Waals surface area contributed by atoms with Crippen molar-refractivity contribution in [1.82, 2.24) is 0 Å². The van der Waals surface area contributed by atoms with Crippen LogP contribution in [0.5, 0.6) is 0 Å². The normalized spacial score (nSPS) is 18.2. The number of rotatable bonds is 4. The summed E-state index contributed by atoms with van der Waals surface area (Å²) in [7, 11) is 0. The number of benzene rings is 3. The maximum atomic E-state index is 2.37. The third kappa shape index (κ3) is 4.03. The standard InChI is InChI=1S/C26H24/c1-3-10-21(11-4-1)14-9-15-23-19-24-16-7-8-17-26(24)25(20-23)18-22-12-5-2-6-13-22/h1-14,16-18,23H,15,19-20H2/b14-9+,25-18+. The fourth-order valence-electron chi connectivity index (χ4n) is 3.83. The molecule has 3 aromatic rings. The molecule has 26 heavy (non-hydrogen) atoms. The maximum Gasteiger partial charge on any atom is -0.0192 e. The van der Waals surface area contributed by atoms with E-state index in [1.54, 1.807) is 0 Å². The predicted molar refractivity (Wildman–Crippen MR) is 113 cm³/mol. The first kappa shape index (κ1) is 16.6. The van der Waals surface area contributed by atoms with Gasteiger partial charge in [0.2, 0.25) is 0 Å². The van der Waals surface area contributed by atoms with Gasteiger partial charge in [-0.05, 0) is 53.0 Å². The van der Waals surface area contributed by atoms with Crippen molar-refractivity contribution in [1.29, 1.82) is 0 Å². The van der Waals surface area contributed by atoms with Crippen LogP contribution >= 0.6 is 0 Å². The Morgan fingerprint density at radius 3 is 2.12 bits per heavy atom. The largest absolute Gasteiger partial charge is 0.0836 e. The quantitative estimate of drug-likeness (QED) is 0.486. The van der Waals surface area contributed by atoms with E-state index < -0.39 is 0 Å². The molecule has 1 atom stereocenters. The van der Waals surface area contributed by atoms with Gasteiger partial charge in [-0.3, -0.25) is 0 Å². The van der Waals surface area contributed by atoms with Crippen LogP contribution in [0.3, 0.4) is 0 Å². The summed E-state index contributed by atoms with van der Waals surface area (Å²) in [4.78, 5) is 0. The topological polar surface area (TPSA) is 0 Å². The third-order valence-electron chi connectivity index (χ3n) is 5.10. The first-order valence-corrected chi connectivity index (χ1v) is 9.44. The van der Waals surface area contributed by atoms with Crippen molar-refractivity contribution in [3.63, 3.8) is 0 Å². The molecule has 0 heterocycles. The Bertz CT molecular complexity index is 901. The monoisotopic (exact) mass is 336 g/mol. The first-order chi connectivity index (χ1) is 12.9. The summed E-state index contributed by atoms with van der Waals surface area (Å²) in [5.74, 6) is 0.667. The highest BCUT2D eigenvalue weighted by Crippen LogP contribution is 2.37. The maximum absolute atomic E-state index is 2.37. The molecule has 0 amide bonds. The number of allylic oxidation sites excluding steroid dienone is 2. The van der Waals surface area contributed by atoms with Gasteiger partial charge in [0.25, 0.3) is 0 Å². The molecule has 0 nitrogen and oxygen atoms in total. The minimum absolute atomic E-state index is 0.667. The van der Waals surface area contributed by atoms with Crippen LogP contribution in [-0.2, 0) is 6.42 Å². The zero-order valence-electron chi connectivity index (χ0n) is 15.0. The van der Waals surface area contributed by atoms with Gasteiger partial charge in [0.1, 0.15) is 0 Å². The van der Waals surface area contributed by atoms with E-state index in [4.69, 9.17) is 0 Å². The number of fused-ring (bicyclic) bond motifs is 1. The van der Waals surface area contributed by atoms with E-state index in [2.05, 4.69) is 103 Å². The van der Waals surface area contributed by atoms with Crippen molar-refractivity contribution in [3.8, 4) is 0 Å². The van der Waals surface area contributed by atoms with Crippen LogP contribution in [0.1, 0.15) is 35.1 Å². The number of hydrogen-bond donors (Lipinski definition) is 0. The Morgan fingerprint density at radius 1 is 0.692 bits per heavy atom. The Kier molecular flexibility index (Phi) is 5.12. The Hall–Kier alpha value is -2.86. The molecule has 0 heteroatoms. The summed E-state index contributed by atoms with van der Waals surface area (Å²) < 4.78 is 0. The minimum Gasteiger partial charge on any atom is -0.0836 e. The molecule has 1 aliphatic carbocycles. The Morgan fingerprint density at radius 2 is 1.35 bits per heavy atom. The van der Waals surface area contributed by atoms with Crippen LogP contribution < -0.4 is 0 Å². The van der Waals surface area contributed by atoms with Gasteiger partial charge in [-0.1, -0.05) is 103 Å². The zero-order valence-corrected chi connectivity index (χ0v) is 15.0. The van der Waals surface area contributed by atoms with E-state index >= 15 is 0 Å². The molecule has 3 aromatic carbocycles. The molecular formula is C26H24. The summed E-state index contributed by atoms with van der Waals surface area (Å²) in [6.45, 7) is 0. The van der Waals surface area contributed by atoms with E-state index in [9.17, 15) is 0 Å². The van der Waals surface area contributed by atoms with Crippen molar-refractivity contribution in [2.24, 2.45) is 5.92 Å². The second-order valence-electron chi connectivity index (χ2n) is 7.06. The predicted octanol–water partition coefficient (Wildman–Crippen LogP) is 6.89. The molecule has 0 bridgehead atoms. The highest BCUT2D eigenvalue weighted by atomic mass is 14.3. The lowest BCUT2D eigenvalue weighted by Gasteiger charge is -2.26. The molecule has 4 rings (SSSR count). The van der Waals surface area contributed by atoms with Gasteiger partial charge in [-0.15, -0.1) is 0 Å². The summed E-state index contributed by atoms with van der Waals surface area (Å²) in [6.07, 6.45) is 10.4. The van der Waals surface area contributed by atoms with Crippen LogP contribution in [0.15, 0.2) is 91.0 Å². The van der Waals surface area contributed by atoms with Gasteiger partial charge in [0.15, 0.2) is 0 Å². The van der Waals surface area contributed by atoms with Crippen molar-refractivity contribution in [3.05, 3.63) is 113 Å². The minimum atomic E-state index is 0.667. The molecule has 1 unspecified atom stereocenters. The lowest BCUT2D eigenvalue weighted by atomic mass is 9.78. The molecule has 0 saturated carbocycles. The van der Waals surface area contributed by atoms with Gasteiger partial charge in [-0.2, -0.15) is 0 Å². The van der Waals surface area contributed by atoms with Crippen LogP contribution in [0.4, 0.5) is 0 Å². The number of hydrogen-bond acceptors (Lipinski definition) is 0. The van der Waals surface area contributed by atoms with E-state index in [-0.39, 0.29) is 0 Å². The summed E-state index contributed by atoms with van der Waals surface area (Å²) in [6, 6.07) is 30.2. The van der Waals surface area contributed by atoms with Crippen molar-refractivity contribution < 1.29 is 0 Å². The average Bonchev–Trinajstić information content (AvgIpc) is 2.70. The van der Waals surface area contributed by atoms with Gasteiger partial charge in [-0.25, -0.2) is 0 Å². The summed E-state index contributed by atoms with van der Waals surface area (Å²) >= 11 is 0. The van der Waals surface area contributed by atoms with Gasteiger partial charge in [0.05, 0.1) is 0 Å². The van der Waals surface area contributed by atoms with Crippen LogP contribution in [-0.4, -0.2) is 0 Å². The Labute approximate surface area is 156 Å². The van der Waals surface area contributed by atoms with Crippen LogP contribution in [0, 0.1) is 5.92 Å². The van der Waals surface area contributed by atoms with Crippen molar-refractivity contribution in [2.75, 3.05) is 0 Å². The zero-order chi connectivity index (χ0) is 17.6. The lowest BCUT2D eigenvalue weighted by Crippen LogP contribution is -2.12. The molecule has 0 aliphatic heterocycles. The SMILES string of the molecule is C(=C\c1ccccc1)/CC1C/C(=C\c2ccccc2)c2ccccc2C1. The van der Waals surface area contributed by atoms with Crippen molar-refractivity contribution in [2.45, 2.75) is 19.3 Å². The molecule has 0 aromatic heterocycles. The summed E-state index contributed by atoms with van der Waals surface area (Å²) in [5, 5.41) is 0. The highest BCUT2D eigenvalue weighted by Gasteiger charge is 2.21. The second-order valence-corrected chi connectivity index (χ2v) is 7.06. The van der Waals surface area contributed by atoms with Crippen LogP contribution in [0.25, 0.3) is 17.7 Å². The van der Waals surface area contributed by atoms with Gasteiger partial charge in [0, 0.05) is 0 Å². The van der Waals surface area contributed by atoms with E-state index in [1.807, 2.05) is 0 Å². The fraction of sp³-hybridized carbons (Fsp3) is 0.154. The summed E-state index contributed by atoms with van der Waals surface area (Å²) in [5.41, 5.74) is 6.95. The molecule has 0 fully saturated rings. The average molecular weight is 336 g/mol. The molecule has 0 saturated heterocycles. The molecule has 128 valence electrons. The molecular weight excluding hydrogens is 312 g/mol. The first-order valence-electron chi connectivity index (χ1n) is 9.44. The molecule has 0 N–H and O–H groups in total. The smallest absolute Gasteiger partial charge is 0.0192 e. The van der Waals surface area contributed by atoms with Gasteiger partial charge < -0.3 is 0 Å². The molecule has 0 spiro atoms. The van der Waals surface area contributed by atoms with Crippen molar-refractivity contribution >= 4 is 17.7 Å². The van der Waals surface area contributed by atoms with E-state index in [1.165, 1.54) is 34.2 Å². The lowest BCUT2D eigenvalue weighted by molar-refractivity contribution is 0.534. The molecule has 0 radical (unpaired) electrons. The van der Waals surface area contributed by atoms with E-state index in [0.29, 0.717) is 5.92 Å². The van der Waals surface area contributed by atoms with Crippen LogP contribution in [0.2, 0.25) is 0 Å². The molecule has 1 aliphatic rings. The fourth-order valence-corrected chi connectivity index (χ4v) is 3.83. The second kappa shape index (κ2) is 8.01. The highest BCUT2D eigenvalue weighted by molar-refractivity contribution is 5.83. The van der Waals surface area contributed by atoms with Gasteiger partial charge >= 0.3 is 0 Å². The Balaban J connectivity index is 1.56.